The molecule has 5 nitrogen and oxygen atoms in total. The van der Waals surface area contributed by atoms with Crippen LogP contribution in [0.5, 0.6) is 0 Å². The second kappa shape index (κ2) is 8.14. The maximum Gasteiger partial charge on any atom is 0.233 e. The van der Waals surface area contributed by atoms with Gasteiger partial charge in [0.1, 0.15) is 11.2 Å². The monoisotopic (exact) mass is 326 g/mol. The molecule has 0 aliphatic carbocycles. The van der Waals surface area contributed by atoms with Gasteiger partial charge < -0.3 is 15.0 Å². The van der Waals surface area contributed by atoms with E-state index in [0.29, 0.717) is 25.4 Å². The number of amides is 2. The van der Waals surface area contributed by atoms with Gasteiger partial charge in [-0.25, -0.2) is 4.39 Å². The minimum absolute atomic E-state index is 0.0241. The van der Waals surface area contributed by atoms with Gasteiger partial charge in [-0.3, -0.25) is 9.59 Å². The fourth-order valence-corrected chi connectivity index (χ4v) is 3.44. The van der Waals surface area contributed by atoms with Gasteiger partial charge in [-0.15, -0.1) is 11.8 Å². The largest absolute Gasteiger partial charge is 0.383 e. The molecular formula is C15H19FN2O3S. The van der Waals surface area contributed by atoms with Crippen LogP contribution in [-0.4, -0.2) is 49.3 Å². The number of hydrogen-bond acceptors (Lipinski definition) is 4. The molecule has 1 aromatic carbocycles. The predicted octanol–water partition coefficient (Wildman–Crippen LogP) is 1.55. The third-order valence-electron chi connectivity index (χ3n) is 3.31. The number of nitrogens with one attached hydrogen (secondary N) is 1. The number of methoxy groups -OCH3 is 1. The Morgan fingerprint density at radius 3 is 3.09 bits per heavy atom. The van der Waals surface area contributed by atoms with Crippen molar-refractivity contribution in [2.45, 2.75) is 11.8 Å². The standard InChI is InChI=1S/C15H19FN2O3S/c1-21-8-6-17-13(19)5-7-18-14(20)10-22-15(18)11-3-2-4-12(16)9-11/h2-4,9,15H,5-8,10H2,1H3,(H,17,19). The molecule has 0 aromatic heterocycles. The summed E-state index contributed by atoms with van der Waals surface area (Å²) in [5, 5.41) is 2.49. The van der Waals surface area contributed by atoms with Crippen molar-refractivity contribution in [3.05, 3.63) is 35.6 Å². The number of thioether (sulfide) groups is 1. The number of ether oxygens (including phenoxy) is 1. The molecule has 1 saturated heterocycles. The van der Waals surface area contributed by atoms with Crippen molar-refractivity contribution in [1.82, 2.24) is 10.2 Å². The maximum absolute atomic E-state index is 13.3. The van der Waals surface area contributed by atoms with E-state index in [4.69, 9.17) is 4.74 Å². The van der Waals surface area contributed by atoms with Crippen molar-refractivity contribution in [3.63, 3.8) is 0 Å². The molecule has 1 N–H and O–H groups in total. The van der Waals surface area contributed by atoms with Gasteiger partial charge in [0.15, 0.2) is 0 Å². The van der Waals surface area contributed by atoms with Gasteiger partial charge in [0.25, 0.3) is 0 Å². The highest BCUT2D eigenvalue weighted by molar-refractivity contribution is 8.00. The van der Waals surface area contributed by atoms with Crippen LogP contribution in [0.15, 0.2) is 24.3 Å². The summed E-state index contributed by atoms with van der Waals surface area (Å²) < 4.78 is 18.2. The number of rotatable bonds is 7. The summed E-state index contributed by atoms with van der Waals surface area (Å²) in [5.74, 6) is -0.120. The summed E-state index contributed by atoms with van der Waals surface area (Å²) in [6, 6.07) is 6.23. The Bertz CT molecular complexity index is 541. The summed E-state index contributed by atoms with van der Waals surface area (Å²) in [5.41, 5.74) is 0.746. The zero-order chi connectivity index (χ0) is 15.9. The molecule has 1 aliphatic rings. The number of halogens is 1. The van der Waals surface area contributed by atoms with Gasteiger partial charge in [0, 0.05) is 26.6 Å². The van der Waals surface area contributed by atoms with Crippen LogP contribution in [-0.2, 0) is 14.3 Å². The molecule has 22 heavy (non-hydrogen) atoms. The van der Waals surface area contributed by atoms with E-state index in [2.05, 4.69) is 5.32 Å². The van der Waals surface area contributed by atoms with Crippen LogP contribution < -0.4 is 5.32 Å². The van der Waals surface area contributed by atoms with E-state index in [1.165, 1.54) is 23.9 Å². The SMILES string of the molecule is COCCNC(=O)CCN1C(=O)CSC1c1cccc(F)c1. The van der Waals surface area contributed by atoms with E-state index in [1.807, 2.05) is 0 Å². The molecule has 1 unspecified atom stereocenters. The molecule has 0 bridgehead atoms. The van der Waals surface area contributed by atoms with Crippen molar-refractivity contribution in [1.29, 1.82) is 0 Å². The van der Waals surface area contributed by atoms with Crippen molar-refractivity contribution in [3.8, 4) is 0 Å². The minimum atomic E-state index is -0.324. The van der Waals surface area contributed by atoms with E-state index < -0.39 is 0 Å². The van der Waals surface area contributed by atoms with Gasteiger partial charge >= 0.3 is 0 Å². The van der Waals surface area contributed by atoms with E-state index >= 15 is 0 Å². The second-order valence-electron chi connectivity index (χ2n) is 4.90. The number of benzene rings is 1. The van der Waals surface area contributed by atoms with Gasteiger partial charge in [-0.1, -0.05) is 12.1 Å². The van der Waals surface area contributed by atoms with E-state index in [9.17, 15) is 14.0 Å². The van der Waals surface area contributed by atoms with Crippen molar-refractivity contribution in [2.75, 3.05) is 32.6 Å². The lowest BCUT2D eigenvalue weighted by molar-refractivity contribution is -0.129. The van der Waals surface area contributed by atoms with Crippen LogP contribution in [0.1, 0.15) is 17.4 Å². The Hall–Kier alpha value is -1.60. The molecule has 0 spiro atoms. The summed E-state index contributed by atoms with van der Waals surface area (Å²) in [6.07, 6.45) is 0.224. The first-order valence-electron chi connectivity index (χ1n) is 7.04. The number of nitrogens with zero attached hydrogens (tertiary/aromatic N) is 1. The lowest BCUT2D eigenvalue weighted by atomic mass is 10.2. The van der Waals surface area contributed by atoms with Crippen LogP contribution in [0.4, 0.5) is 4.39 Å². The van der Waals surface area contributed by atoms with Crippen LogP contribution >= 0.6 is 11.8 Å². The lowest BCUT2D eigenvalue weighted by Crippen LogP contribution is -2.34. The normalized spacial score (nSPS) is 17.8. The molecule has 2 amide bonds. The molecule has 120 valence electrons. The summed E-state index contributed by atoms with van der Waals surface area (Å²) in [7, 11) is 1.57. The third kappa shape index (κ3) is 4.45. The van der Waals surface area contributed by atoms with Crippen LogP contribution in [0.25, 0.3) is 0 Å². The second-order valence-corrected chi connectivity index (χ2v) is 5.97. The fraction of sp³-hybridized carbons (Fsp3) is 0.467. The highest BCUT2D eigenvalue weighted by Crippen LogP contribution is 2.38. The van der Waals surface area contributed by atoms with Gasteiger partial charge in [-0.05, 0) is 17.7 Å². The Labute approximate surface area is 133 Å². The zero-order valence-corrected chi connectivity index (χ0v) is 13.2. The Morgan fingerprint density at radius 2 is 2.36 bits per heavy atom. The summed E-state index contributed by atoms with van der Waals surface area (Å²) >= 11 is 1.45. The zero-order valence-electron chi connectivity index (χ0n) is 12.4. The Kier molecular flexibility index (Phi) is 6.21. The van der Waals surface area contributed by atoms with E-state index in [1.54, 1.807) is 24.1 Å². The average Bonchev–Trinajstić information content (AvgIpc) is 2.86. The van der Waals surface area contributed by atoms with Crippen molar-refractivity contribution >= 4 is 23.6 Å². The molecule has 7 heteroatoms. The van der Waals surface area contributed by atoms with Gasteiger partial charge in [0.05, 0.1) is 12.4 Å². The number of carbonyl (C=O) groups excluding carboxylic acids is 2. The summed E-state index contributed by atoms with van der Waals surface area (Å²) in [6.45, 7) is 1.23. The topological polar surface area (TPSA) is 58.6 Å². The fourth-order valence-electron chi connectivity index (χ4n) is 2.24. The molecule has 0 saturated carbocycles. The third-order valence-corrected chi connectivity index (χ3v) is 4.57. The quantitative estimate of drug-likeness (QED) is 0.773. The first-order chi connectivity index (χ1) is 10.6. The van der Waals surface area contributed by atoms with Crippen molar-refractivity contribution < 1.29 is 18.7 Å². The molecule has 2 rings (SSSR count). The van der Waals surface area contributed by atoms with E-state index in [0.717, 1.165) is 5.56 Å². The molecule has 1 aromatic rings. The van der Waals surface area contributed by atoms with Gasteiger partial charge in [0.2, 0.25) is 11.8 Å². The molecule has 1 atom stereocenters. The van der Waals surface area contributed by atoms with Crippen LogP contribution in [0, 0.1) is 5.82 Å². The predicted molar refractivity (Wildman–Crippen MR) is 82.8 cm³/mol. The molecule has 1 heterocycles. The van der Waals surface area contributed by atoms with E-state index in [-0.39, 0.29) is 29.4 Å². The van der Waals surface area contributed by atoms with Gasteiger partial charge in [-0.2, -0.15) is 0 Å². The molecule has 0 radical (unpaired) electrons. The summed E-state index contributed by atoms with van der Waals surface area (Å²) in [4.78, 5) is 25.3. The van der Waals surface area contributed by atoms with Crippen LogP contribution in [0.2, 0.25) is 0 Å². The number of carbonyl (C=O) groups is 2. The average molecular weight is 326 g/mol. The molecule has 1 fully saturated rings. The minimum Gasteiger partial charge on any atom is -0.383 e. The van der Waals surface area contributed by atoms with Crippen molar-refractivity contribution in [2.24, 2.45) is 0 Å². The molecular weight excluding hydrogens is 307 g/mol. The first-order valence-corrected chi connectivity index (χ1v) is 8.09. The lowest BCUT2D eigenvalue weighted by Gasteiger charge is -2.24. The maximum atomic E-state index is 13.3. The highest BCUT2D eigenvalue weighted by atomic mass is 32.2. The smallest absolute Gasteiger partial charge is 0.233 e. The number of hydrogen-bond donors (Lipinski definition) is 1. The molecule has 1 aliphatic heterocycles. The first kappa shape index (κ1) is 16.8. The Morgan fingerprint density at radius 1 is 1.55 bits per heavy atom. The Balaban J connectivity index is 1.93. The highest BCUT2D eigenvalue weighted by Gasteiger charge is 2.32. The van der Waals surface area contributed by atoms with Crippen LogP contribution in [0.3, 0.4) is 0 Å².